The number of halogens is 2. The van der Waals surface area contributed by atoms with E-state index in [1.807, 2.05) is 0 Å². The lowest BCUT2D eigenvalue weighted by Crippen LogP contribution is -2.67. The number of hydrogen-bond donors (Lipinski definition) is 1. The molecule has 1 atom stereocenters. The second-order valence-corrected chi connectivity index (χ2v) is 7.11. The van der Waals surface area contributed by atoms with E-state index in [9.17, 15) is 9.59 Å². The number of rotatable bonds is 2. The molecule has 5 nitrogen and oxygen atoms in total. The maximum atomic E-state index is 12.7. The molecule has 1 aliphatic heterocycles. The van der Waals surface area contributed by atoms with Crippen molar-refractivity contribution < 1.29 is 14.3 Å². The van der Waals surface area contributed by atoms with Crippen molar-refractivity contribution in [2.45, 2.75) is 32.4 Å². The highest BCUT2D eigenvalue weighted by Gasteiger charge is 2.44. The van der Waals surface area contributed by atoms with Gasteiger partial charge in [0.15, 0.2) is 0 Å². The second kappa shape index (κ2) is 5.61. The van der Waals surface area contributed by atoms with Crippen LogP contribution < -0.4 is 15.0 Å². The lowest BCUT2D eigenvalue weighted by molar-refractivity contribution is -0.136. The highest BCUT2D eigenvalue weighted by molar-refractivity contribution is 9.11. The summed E-state index contributed by atoms with van der Waals surface area (Å²) in [6.07, 6.45) is 0. The van der Waals surface area contributed by atoms with Gasteiger partial charge < -0.3 is 10.1 Å². The van der Waals surface area contributed by atoms with Gasteiger partial charge in [0.25, 0.3) is 5.91 Å². The van der Waals surface area contributed by atoms with Crippen LogP contribution in [0.25, 0.3) is 0 Å². The third-order valence-corrected chi connectivity index (χ3v) is 4.69. The van der Waals surface area contributed by atoms with Crippen molar-refractivity contribution >= 4 is 49.4 Å². The normalized spacial score (nSPS) is 21.2. The van der Waals surface area contributed by atoms with Crippen molar-refractivity contribution in [1.29, 1.82) is 0 Å². The zero-order valence-electron chi connectivity index (χ0n) is 12.2. The first-order chi connectivity index (χ1) is 9.69. The summed E-state index contributed by atoms with van der Waals surface area (Å²) in [6, 6.07) is 2.94. The van der Waals surface area contributed by atoms with Crippen LogP contribution in [0.3, 0.4) is 0 Å². The Balaban J connectivity index is 2.58. The van der Waals surface area contributed by atoms with Gasteiger partial charge in [-0.1, -0.05) is 0 Å². The number of carbonyl (C=O) groups excluding carboxylic acids is 2. The van der Waals surface area contributed by atoms with Crippen molar-refractivity contribution in [2.24, 2.45) is 0 Å². The van der Waals surface area contributed by atoms with Gasteiger partial charge in [-0.2, -0.15) is 0 Å². The van der Waals surface area contributed by atoms with Gasteiger partial charge in [-0.3, -0.25) is 14.5 Å². The zero-order chi connectivity index (χ0) is 15.9. The molecule has 2 rings (SSSR count). The summed E-state index contributed by atoms with van der Waals surface area (Å²) in [6.45, 7) is 5.08. The van der Waals surface area contributed by atoms with Gasteiger partial charge in [-0.25, -0.2) is 0 Å². The Kier molecular flexibility index (Phi) is 4.35. The zero-order valence-corrected chi connectivity index (χ0v) is 15.3. The van der Waals surface area contributed by atoms with Crippen molar-refractivity contribution in [2.75, 3.05) is 12.0 Å². The Bertz CT molecular complexity index is 616. The van der Waals surface area contributed by atoms with Crippen LogP contribution in [-0.2, 0) is 9.59 Å². The van der Waals surface area contributed by atoms with Gasteiger partial charge in [0.05, 0.1) is 17.3 Å². The molecule has 0 spiro atoms. The maximum Gasteiger partial charge on any atom is 0.252 e. The maximum absolute atomic E-state index is 12.7. The molecule has 114 valence electrons. The standard InChI is InChI=1S/C14H16Br2N2O3/c1-7-12(19)17-14(2,3)13(20)18(7)10-6-11(21-4)9(16)5-8(10)15/h5-7H,1-4H3,(H,17,19). The highest BCUT2D eigenvalue weighted by atomic mass is 79.9. The van der Waals surface area contributed by atoms with Crippen LogP contribution in [0.1, 0.15) is 20.8 Å². The van der Waals surface area contributed by atoms with E-state index < -0.39 is 11.6 Å². The molecule has 1 aromatic carbocycles. The lowest BCUT2D eigenvalue weighted by atomic mass is 9.96. The lowest BCUT2D eigenvalue weighted by Gasteiger charge is -2.41. The minimum absolute atomic E-state index is 0.167. The summed E-state index contributed by atoms with van der Waals surface area (Å²) < 4.78 is 6.75. The average Bonchev–Trinajstić information content (AvgIpc) is 2.39. The Labute approximate surface area is 140 Å². The molecule has 1 saturated heterocycles. The Hall–Kier alpha value is -1.08. The van der Waals surface area contributed by atoms with E-state index >= 15 is 0 Å². The van der Waals surface area contributed by atoms with Crippen LogP contribution in [0, 0.1) is 0 Å². The number of benzene rings is 1. The van der Waals surface area contributed by atoms with Gasteiger partial charge >= 0.3 is 0 Å². The Morgan fingerprint density at radius 2 is 1.86 bits per heavy atom. The number of carbonyl (C=O) groups is 2. The fourth-order valence-electron chi connectivity index (χ4n) is 2.24. The van der Waals surface area contributed by atoms with E-state index in [0.29, 0.717) is 15.9 Å². The minimum atomic E-state index is -0.941. The summed E-state index contributed by atoms with van der Waals surface area (Å²) in [5.74, 6) is 0.241. The molecule has 2 amide bonds. The van der Waals surface area contributed by atoms with Crippen LogP contribution >= 0.6 is 31.9 Å². The Morgan fingerprint density at radius 1 is 1.24 bits per heavy atom. The Morgan fingerprint density at radius 3 is 2.43 bits per heavy atom. The molecule has 0 saturated carbocycles. The third kappa shape index (κ3) is 2.81. The SMILES string of the molecule is COc1cc(N2C(=O)C(C)(C)NC(=O)C2C)c(Br)cc1Br. The first-order valence-electron chi connectivity index (χ1n) is 6.37. The molecular weight excluding hydrogens is 404 g/mol. The second-order valence-electron chi connectivity index (χ2n) is 5.40. The number of ether oxygens (including phenoxy) is 1. The molecule has 1 N–H and O–H groups in total. The molecule has 0 aliphatic carbocycles. The van der Waals surface area contributed by atoms with Crippen molar-refractivity contribution in [3.63, 3.8) is 0 Å². The highest BCUT2D eigenvalue weighted by Crippen LogP contribution is 2.39. The molecular formula is C14H16Br2N2O3. The van der Waals surface area contributed by atoms with E-state index in [1.165, 1.54) is 4.90 Å². The summed E-state index contributed by atoms with van der Waals surface area (Å²) in [7, 11) is 1.55. The van der Waals surface area contributed by atoms with E-state index in [0.717, 1.165) is 4.47 Å². The first kappa shape index (κ1) is 16.3. The largest absolute Gasteiger partial charge is 0.495 e. The smallest absolute Gasteiger partial charge is 0.252 e. The van der Waals surface area contributed by atoms with Crippen LogP contribution in [0.2, 0.25) is 0 Å². The van der Waals surface area contributed by atoms with E-state index in [2.05, 4.69) is 37.2 Å². The van der Waals surface area contributed by atoms with Crippen LogP contribution in [0.4, 0.5) is 5.69 Å². The summed E-state index contributed by atoms with van der Waals surface area (Å²) >= 11 is 6.84. The van der Waals surface area contributed by atoms with Gasteiger partial charge in [-0.05, 0) is 58.7 Å². The molecule has 1 aromatic rings. The molecule has 1 unspecified atom stereocenters. The van der Waals surface area contributed by atoms with Gasteiger partial charge in [0, 0.05) is 10.5 Å². The fraction of sp³-hybridized carbons (Fsp3) is 0.429. The monoisotopic (exact) mass is 418 g/mol. The average molecular weight is 420 g/mol. The summed E-state index contributed by atoms with van der Waals surface area (Å²) in [4.78, 5) is 26.3. The molecule has 0 bridgehead atoms. The molecule has 21 heavy (non-hydrogen) atoms. The number of nitrogens with zero attached hydrogens (tertiary/aromatic N) is 1. The van der Waals surface area contributed by atoms with Gasteiger partial charge in [0.1, 0.15) is 17.3 Å². The number of piperazine rings is 1. The quantitative estimate of drug-likeness (QED) is 0.801. The topological polar surface area (TPSA) is 58.6 Å². The van der Waals surface area contributed by atoms with E-state index in [1.54, 1.807) is 40.0 Å². The predicted octanol–water partition coefficient (Wildman–Crippen LogP) is 2.85. The number of hydrogen-bond acceptors (Lipinski definition) is 3. The molecule has 1 aliphatic rings. The molecule has 1 heterocycles. The van der Waals surface area contributed by atoms with Crippen molar-refractivity contribution in [3.05, 3.63) is 21.1 Å². The molecule has 0 radical (unpaired) electrons. The van der Waals surface area contributed by atoms with Crippen LogP contribution in [0.15, 0.2) is 21.1 Å². The van der Waals surface area contributed by atoms with Crippen LogP contribution in [0.5, 0.6) is 5.75 Å². The number of amides is 2. The number of methoxy groups -OCH3 is 1. The van der Waals surface area contributed by atoms with Gasteiger partial charge in [-0.15, -0.1) is 0 Å². The van der Waals surface area contributed by atoms with Crippen molar-refractivity contribution in [3.8, 4) is 5.75 Å². The number of nitrogens with one attached hydrogen (secondary N) is 1. The van der Waals surface area contributed by atoms with E-state index in [-0.39, 0.29) is 11.8 Å². The van der Waals surface area contributed by atoms with E-state index in [4.69, 9.17) is 4.74 Å². The van der Waals surface area contributed by atoms with Crippen LogP contribution in [-0.4, -0.2) is 30.5 Å². The van der Waals surface area contributed by atoms with Gasteiger partial charge in [0.2, 0.25) is 5.91 Å². The molecule has 7 heteroatoms. The summed E-state index contributed by atoms with van der Waals surface area (Å²) in [5.41, 5.74) is -0.334. The first-order valence-corrected chi connectivity index (χ1v) is 7.96. The fourth-order valence-corrected chi connectivity index (χ4v) is 3.58. The minimum Gasteiger partial charge on any atom is -0.495 e. The molecule has 1 fully saturated rings. The molecule has 0 aromatic heterocycles. The number of anilines is 1. The third-order valence-electron chi connectivity index (χ3n) is 3.44. The predicted molar refractivity (Wildman–Crippen MR) is 87.6 cm³/mol. The van der Waals surface area contributed by atoms with Crippen molar-refractivity contribution in [1.82, 2.24) is 5.32 Å². The summed E-state index contributed by atoms with van der Waals surface area (Å²) in [5, 5.41) is 2.73.